The molecule has 12 heteroatoms. The van der Waals surface area contributed by atoms with E-state index in [9.17, 15) is 0 Å². The van der Waals surface area contributed by atoms with E-state index < -0.39 is 12.6 Å². The SMILES string of the molecule is CC.CC.CC.Cc1ccc2ccc3c(c2c1)-c1c(ccc2ccccc12)OC(C1CCC(CC2CC[CH-]CC2)CC1)O3.Cc1ccc2ccc3c(c2c1)-c1c(ccc2ccccc12)OC(c1ccc(CC2CC[CH-]CC2)cc1)O3.Cc1ccc2ccc3c(c2c1)-c1c(ccc2ccccc12)OC(c1ccc(Cc2cc[c-]cc2)cc1)O3.P.P.P.[Y].[Y].[Y]. The van der Waals surface area contributed by atoms with E-state index in [1.807, 2.05) is 53.7 Å². The molecule has 0 aromatic heterocycles. The summed E-state index contributed by atoms with van der Waals surface area (Å²) in [5, 5.41) is 14.4. The molecule has 3 saturated carbocycles. The van der Waals surface area contributed by atoms with Crippen molar-refractivity contribution in [3.8, 4) is 67.9 Å². The van der Waals surface area contributed by atoms with Gasteiger partial charge < -0.3 is 41.3 Å². The van der Waals surface area contributed by atoms with E-state index in [0.29, 0.717) is 5.92 Å². The number of fused-ring (bicyclic) bond motifs is 21. The summed E-state index contributed by atoms with van der Waals surface area (Å²) in [4.78, 5) is 0. The Morgan fingerprint density at radius 3 is 0.951 bits per heavy atom. The van der Waals surface area contributed by atoms with Gasteiger partial charge in [0.15, 0.2) is 0 Å². The molecule has 6 unspecified atom stereocenters. The Morgan fingerprint density at radius 1 is 0.293 bits per heavy atom. The van der Waals surface area contributed by atoms with Crippen molar-refractivity contribution in [3.63, 3.8) is 0 Å². The molecule has 0 N–H and O–H groups in total. The van der Waals surface area contributed by atoms with Gasteiger partial charge in [-0.25, -0.2) is 0 Å². The fourth-order valence-electron chi connectivity index (χ4n) is 18.7. The van der Waals surface area contributed by atoms with Crippen LogP contribution in [0.5, 0.6) is 34.5 Å². The van der Waals surface area contributed by atoms with Crippen LogP contribution in [0.1, 0.15) is 182 Å². The van der Waals surface area contributed by atoms with Crippen LogP contribution in [0.15, 0.2) is 273 Å². The third-order valence-corrected chi connectivity index (χ3v) is 24.5. The van der Waals surface area contributed by atoms with Crippen LogP contribution in [-0.2, 0) is 111 Å². The molecule has 21 rings (SSSR count). The summed E-state index contributed by atoms with van der Waals surface area (Å²) >= 11 is 0. The Kier molecular flexibility index (Phi) is 37.5. The molecule has 15 aromatic carbocycles. The zero-order chi connectivity index (χ0) is 80.3. The molecule has 3 radical (unpaired) electrons. The maximum Gasteiger partial charge on any atom is 0.267 e. The first-order valence-corrected chi connectivity index (χ1v) is 43.6. The predicted molar refractivity (Wildman–Crippen MR) is 523 cm³/mol. The normalized spacial score (nSPS) is 17.0. The standard InChI is InChI=1S/C35H37O2.C35H31O2.C35H25O2.3C2H6.3H3P.3Y/c3*1-23-11-14-27-18-20-32-34(30(27)21-23)33-29-10-6-5-9-26(29)17-19-31(33)36-35(37-32)28-15-12-25(13-16-28)22-24-7-3-2-4-8-24;3*1-2;;;;;;/h2,5-6,9-11,14,17-21,24-25,28,35H,3-4,7-8,12-13,15-16,22H2,1H3;2,5-6,9-21,24,35H,3-4,7-8,22H2,1H3;3-21,35H,22H2,1H3;3*1-2H3;3*1H3;;;/q3*-1;;;;;;;;;. The largest absolute Gasteiger partial charge is 0.454 e. The molecule has 0 saturated heterocycles. The van der Waals surface area contributed by atoms with Crippen LogP contribution >= 0.6 is 29.7 Å². The van der Waals surface area contributed by atoms with Crippen molar-refractivity contribution in [2.45, 2.75) is 177 Å². The Balaban J connectivity index is 0.000000183. The van der Waals surface area contributed by atoms with Crippen molar-refractivity contribution >= 4 is 94.3 Å². The van der Waals surface area contributed by atoms with Gasteiger partial charge in [0.25, 0.3) is 12.6 Å². The molecule has 627 valence electrons. The van der Waals surface area contributed by atoms with E-state index in [-0.39, 0.29) is 134 Å². The van der Waals surface area contributed by atoms with E-state index in [0.717, 1.165) is 104 Å². The van der Waals surface area contributed by atoms with E-state index in [1.165, 1.54) is 187 Å². The van der Waals surface area contributed by atoms with Crippen molar-refractivity contribution in [1.82, 2.24) is 0 Å². The molecule has 6 atom stereocenters. The minimum Gasteiger partial charge on any atom is -0.454 e. The first kappa shape index (κ1) is 98.4. The molecule has 0 bridgehead atoms. The Labute approximate surface area is 817 Å². The molecule has 15 aromatic rings. The third kappa shape index (κ3) is 22.3. The number of rotatable bonds is 9. The van der Waals surface area contributed by atoms with Gasteiger partial charge in [0.1, 0.15) is 34.5 Å². The first-order valence-electron chi connectivity index (χ1n) is 43.6. The van der Waals surface area contributed by atoms with Crippen LogP contribution in [-0.4, -0.2) is 6.29 Å². The van der Waals surface area contributed by atoms with Gasteiger partial charge in [-0.05, 0) is 196 Å². The average molecular weight is 1910 g/mol. The van der Waals surface area contributed by atoms with Crippen LogP contribution in [0.4, 0.5) is 0 Å². The van der Waals surface area contributed by atoms with Crippen LogP contribution in [0, 0.1) is 63.4 Å². The van der Waals surface area contributed by atoms with Crippen molar-refractivity contribution in [2.24, 2.45) is 23.7 Å². The van der Waals surface area contributed by atoms with E-state index in [1.54, 1.807) is 0 Å². The quantitative estimate of drug-likeness (QED) is 0.106. The number of ether oxygens (including phenoxy) is 6. The molecule has 3 aliphatic carbocycles. The van der Waals surface area contributed by atoms with Gasteiger partial charge in [0.2, 0.25) is 6.29 Å². The van der Waals surface area contributed by atoms with Gasteiger partial charge in [-0.3, -0.25) is 0 Å². The van der Waals surface area contributed by atoms with Gasteiger partial charge in [-0.2, -0.15) is 91.3 Å². The van der Waals surface area contributed by atoms with Gasteiger partial charge >= 0.3 is 0 Å². The smallest absolute Gasteiger partial charge is 0.267 e. The number of hydrogen-bond acceptors (Lipinski definition) is 6. The Hall–Kier alpha value is -6.74. The van der Waals surface area contributed by atoms with E-state index >= 15 is 0 Å². The van der Waals surface area contributed by atoms with Gasteiger partial charge in [0, 0.05) is 149 Å². The minimum atomic E-state index is -0.552. The van der Waals surface area contributed by atoms with Gasteiger partial charge in [-0.1, -0.05) is 296 Å². The summed E-state index contributed by atoms with van der Waals surface area (Å²) in [5.74, 6) is 8.35. The second kappa shape index (κ2) is 46.8. The summed E-state index contributed by atoms with van der Waals surface area (Å²) in [6, 6.07) is 100. The molecule has 3 fully saturated rings. The van der Waals surface area contributed by atoms with Gasteiger partial charge in [-0.15, -0.1) is 0 Å². The number of hydrogen-bond donors (Lipinski definition) is 0. The second-order valence-electron chi connectivity index (χ2n) is 32.1. The predicted octanol–water partition coefficient (Wildman–Crippen LogP) is 31.1. The van der Waals surface area contributed by atoms with Crippen molar-refractivity contribution in [2.75, 3.05) is 0 Å². The summed E-state index contributed by atoms with van der Waals surface area (Å²) in [7, 11) is 0. The Bertz CT molecular complexity index is 5960. The summed E-state index contributed by atoms with van der Waals surface area (Å²) in [5.41, 5.74) is 16.4. The first-order chi connectivity index (χ1) is 57.7. The molecule has 6 nitrogen and oxygen atoms in total. The molecular weight excluding hydrogens is 1790 g/mol. The monoisotopic (exact) mass is 1910 g/mol. The summed E-state index contributed by atoms with van der Waals surface area (Å²) in [6.45, 7) is 18.4. The molecular formula is C111H120O6P3Y3-3. The fraction of sp³-hybridized carbons (Fsp3) is 0.279. The molecule has 3 heterocycles. The molecule has 0 amide bonds. The maximum absolute atomic E-state index is 6.83. The average Bonchev–Trinajstić information content (AvgIpc) is 1.67. The van der Waals surface area contributed by atoms with Crippen LogP contribution < -0.4 is 28.4 Å². The van der Waals surface area contributed by atoms with Crippen LogP contribution in [0.25, 0.3) is 98.0 Å². The molecule has 123 heavy (non-hydrogen) atoms. The number of benzene rings is 15. The maximum atomic E-state index is 6.83. The molecule has 0 spiro atoms. The molecule has 6 aliphatic rings. The Morgan fingerprint density at radius 2 is 0.585 bits per heavy atom. The zero-order valence-electron chi connectivity index (χ0n) is 73.6. The zero-order valence-corrected chi connectivity index (χ0v) is 86.3. The third-order valence-electron chi connectivity index (χ3n) is 24.5. The number of aryl methyl sites for hydroxylation is 3. The van der Waals surface area contributed by atoms with Gasteiger partial charge in [0.05, 0.1) is 0 Å². The van der Waals surface area contributed by atoms with Crippen molar-refractivity contribution in [1.29, 1.82) is 0 Å². The minimum absolute atomic E-state index is 0. The van der Waals surface area contributed by atoms with E-state index in [2.05, 4.69) is 301 Å². The summed E-state index contributed by atoms with van der Waals surface area (Å²) < 4.78 is 40.3. The molecule has 3 aliphatic heterocycles. The van der Waals surface area contributed by atoms with Crippen LogP contribution in [0.2, 0.25) is 0 Å². The second-order valence-corrected chi connectivity index (χ2v) is 32.1. The summed E-state index contributed by atoms with van der Waals surface area (Å²) in [6.07, 6.45) is 22.7. The topological polar surface area (TPSA) is 55.4 Å². The fourth-order valence-corrected chi connectivity index (χ4v) is 18.7. The van der Waals surface area contributed by atoms with Crippen LogP contribution in [0.3, 0.4) is 0 Å². The van der Waals surface area contributed by atoms with E-state index in [4.69, 9.17) is 28.4 Å². The van der Waals surface area contributed by atoms with Crippen molar-refractivity contribution in [3.05, 3.63) is 336 Å². The van der Waals surface area contributed by atoms with Crippen molar-refractivity contribution < 1.29 is 127 Å².